The highest BCUT2D eigenvalue weighted by molar-refractivity contribution is 5.85. The highest BCUT2D eigenvalue weighted by Crippen LogP contribution is 2.33. The number of aromatic hydroxyl groups is 1. The molecule has 0 spiro atoms. The first-order valence-electron chi connectivity index (χ1n) is 20.7. The van der Waals surface area contributed by atoms with Gasteiger partial charge in [-0.15, -0.1) is 12.4 Å². The number of carbonyl (C=O) groups is 1. The van der Waals surface area contributed by atoms with Crippen molar-refractivity contribution in [2.45, 2.75) is 98.2 Å². The number of allylic oxidation sites excluding steroid dienone is 1. The van der Waals surface area contributed by atoms with Crippen molar-refractivity contribution in [3.8, 4) is 11.5 Å². The molecule has 3 aliphatic rings. The summed E-state index contributed by atoms with van der Waals surface area (Å²) in [7, 11) is 2.10. The maximum atomic E-state index is 11.2. The van der Waals surface area contributed by atoms with Crippen molar-refractivity contribution in [3.05, 3.63) is 94.4 Å². The van der Waals surface area contributed by atoms with Crippen molar-refractivity contribution in [1.29, 1.82) is 0 Å². The smallest absolute Gasteiger partial charge is 0.157 e. The standard InChI is InChI=1S/C20H25N3O3.C13H20N2O.C12H19N3O.ClH/c1-14(2)23-18(7-9-21-23)16-11-22(3)10-8-15(16)13-26-20-6-4-5-19(25)17(20)12-24;1-10(2)15-13(7-8-14-15)12-6-4-3-5-11(12)9-16;1-9(2)15-12(4-6-14-15)11-7-13-5-3-10(11)8-16;/h4-7,9,12,14,25H,8,10-11,13H2,1-3H3;7-8,10,16H,3-6,9H2,1-2H3;4,6,9,13,16H,3,5,7-8H2,1-2H3;1H. The lowest BCUT2D eigenvalue weighted by atomic mass is 9.90. The number of aromatic nitrogens is 6. The van der Waals surface area contributed by atoms with Crippen LogP contribution in [0.3, 0.4) is 0 Å². The number of hydrogen-bond donors (Lipinski definition) is 4. The summed E-state index contributed by atoms with van der Waals surface area (Å²) >= 11 is 0. The molecule has 322 valence electrons. The molecule has 0 saturated carbocycles. The van der Waals surface area contributed by atoms with Crippen molar-refractivity contribution in [3.63, 3.8) is 0 Å². The third kappa shape index (κ3) is 11.8. The van der Waals surface area contributed by atoms with E-state index in [1.165, 1.54) is 52.5 Å². The van der Waals surface area contributed by atoms with Crippen LogP contribution in [0.1, 0.15) is 126 Å². The predicted octanol–water partition coefficient (Wildman–Crippen LogP) is 7.56. The number of nitrogens with one attached hydrogen (secondary N) is 1. The highest BCUT2D eigenvalue weighted by Gasteiger charge is 2.23. The minimum atomic E-state index is -0.0621. The summed E-state index contributed by atoms with van der Waals surface area (Å²) in [5.74, 6) is 0.344. The fourth-order valence-corrected chi connectivity index (χ4v) is 7.82. The quantitative estimate of drug-likeness (QED) is 0.105. The number of rotatable bonds is 12. The number of aldehydes is 1. The molecular weight excluding hydrogens is 768 g/mol. The molecule has 0 amide bonds. The molecular formula is C45H65ClN8O5. The van der Waals surface area contributed by atoms with Crippen LogP contribution in [-0.4, -0.2) is 109 Å². The molecule has 0 atom stereocenters. The maximum Gasteiger partial charge on any atom is 0.157 e. The Labute approximate surface area is 355 Å². The Morgan fingerprint density at radius 1 is 0.729 bits per heavy atom. The van der Waals surface area contributed by atoms with Gasteiger partial charge in [-0.1, -0.05) is 6.07 Å². The number of likely N-dealkylation sites (N-methyl/N-ethyl adjacent to an activating group) is 1. The van der Waals surface area contributed by atoms with Crippen LogP contribution in [0, 0.1) is 0 Å². The van der Waals surface area contributed by atoms with Gasteiger partial charge in [0.2, 0.25) is 0 Å². The number of ether oxygens (including phenoxy) is 1. The van der Waals surface area contributed by atoms with Crippen LogP contribution in [-0.2, 0) is 0 Å². The molecule has 0 fully saturated rings. The van der Waals surface area contributed by atoms with Gasteiger partial charge in [-0.2, -0.15) is 15.3 Å². The van der Waals surface area contributed by atoms with E-state index < -0.39 is 0 Å². The van der Waals surface area contributed by atoms with Crippen molar-refractivity contribution in [2.75, 3.05) is 53.0 Å². The van der Waals surface area contributed by atoms with Crippen LogP contribution < -0.4 is 10.1 Å². The van der Waals surface area contributed by atoms with E-state index in [1.807, 2.05) is 40.1 Å². The van der Waals surface area contributed by atoms with Crippen molar-refractivity contribution in [2.24, 2.45) is 0 Å². The number of aliphatic hydroxyl groups excluding tert-OH is 2. The van der Waals surface area contributed by atoms with E-state index in [9.17, 15) is 20.1 Å². The highest BCUT2D eigenvalue weighted by atomic mass is 35.5. The van der Waals surface area contributed by atoms with Gasteiger partial charge in [0.05, 0.1) is 35.9 Å². The molecule has 13 nitrogen and oxygen atoms in total. The molecule has 4 N–H and O–H groups in total. The van der Waals surface area contributed by atoms with Gasteiger partial charge in [-0.05, 0) is 157 Å². The molecule has 0 radical (unpaired) electrons. The Balaban J connectivity index is 0.000000203. The lowest BCUT2D eigenvalue weighted by Crippen LogP contribution is -2.30. The molecule has 14 heteroatoms. The zero-order chi connectivity index (χ0) is 41.8. The van der Waals surface area contributed by atoms with Crippen LogP contribution >= 0.6 is 12.4 Å². The first-order chi connectivity index (χ1) is 28.0. The van der Waals surface area contributed by atoms with Crippen molar-refractivity contribution < 1.29 is 24.9 Å². The molecule has 2 aliphatic heterocycles. The van der Waals surface area contributed by atoms with Crippen LogP contribution in [0.15, 0.2) is 71.7 Å². The molecule has 4 aromatic rings. The molecule has 0 saturated heterocycles. The SMILES string of the molecule is CC(C)n1nccc1C1=C(CO)CCCC1.CC(C)n1nccc1C1=C(CO)CCNC1.CC(C)n1nccc1C1=C(COc2cccc(O)c2C=O)CCN(C)C1.Cl. The monoisotopic (exact) mass is 832 g/mol. The van der Waals surface area contributed by atoms with Crippen molar-refractivity contribution in [1.82, 2.24) is 39.6 Å². The summed E-state index contributed by atoms with van der Waals surface area (Å²) in [4.78, 5) is 13.5. The molecule has 7 rings (SSSR count). The molecule has 0 unspecified atom stereocenters. The average molecular weight is 834 g/mol. The first kappa shape index (κ1) is 47.2. The van der Waals surface area contributed by atoms with E-state index in [4.69, 9.17) is 4.74 Å². The maximum absolute atomic E-state index is 11.2. The summed E-state index contributed by atoms with van der Waals surface area (Å²) in [6.07, 6.45) is 12.5. The third-order valence-corrected chi connectivity index (χ3v) is 10.9. The second-order valence-electron chi connectivity index (χ2n) is 16.0. The van der Waals surface area contributed by atoms with E-state index in [0.717, 1.165) is 68.8 Å². The summed E-state index contributed by atoms with van der Waals surface area (Å²) in [5.41, 5.74) is 10.9. The van der Waals surface area contributed by atoms with Gasteiger partial charge in [0, 0.05) is 56.4 Å². The lowest BCUT2D eigenvalue weighted by molar-refractivity contribution is 0.111. The van der Waals surface area contributed by atoms with E-state index in [2.05, 4.69) is 84.9 Å². The number of hydrogen-bond acceptors (Lipinski definition) is 10. The Kier molecular flexibility index (Phi) is 18.2. The Hall–Kier alpha value is -4.53. The summed E-state index contributed by atoms with van der Waals surface area (Å²) in [6.45, 7) is 17.0. The van der Waals surface area contributed by atoms with E-state index in [0.29, 0.717) is 30.7 Å². The van der Waals surface area contributed by atoms with Crippen molar-refractivity contribution >= 4 is 35.4 Å². The number of benzene rings is 1. The van der Waals surface area contributed by atoms with Gasteiger partial charge in [0.1, 0.15) is 18.1 Å². The van der Waals surface area contributed by atoms with Gasteiger partial charge < -0.3 is 30.3 Å². The molecule has 5 heterocycles. The summed E-state index contributed by atoms with van der Waals surface area (Å²) in [6, 6.07) is 12.0. The first-order valence-corrected chi connectivity index (χ1v) is 20.7. The predicted molar refractivity (Wildman–Crippen MR) is 237 cm³/mol. The van der Waals surface area contributed by atoms with Gasteiger partial charge in [0.25, 0.3) is 0 Å². The Bertz CT molecular complexity index is 1980. The number of nitrogens with zero attached hydrogens (tertiary/aromatic N) is 7. The van der Waals surface area contributed by atoms with Gasteiger partial charge in [-0.3, -0.25) is 18.8 Å². The van der Waals surface area contributed by atoms with Gasteiger partial charge in [0.15, 0.2) is 6.29 Å². The number of carbonyl (C=O) groups excluding carboxylic acids is 1. The Morgan fingerprint density at radius 3 is 1.83 bits per heavy atom. The molecule has 1 aromatic carbocycles. The van der Waals surface area contributed by atoms with E-state index >= 15 is 0 Å². The zero-order valence-electron chi connectivity index (χ0n) is 35.9. The van der Waals surface area contributed by atoms with Crippen LogP contribution in [0.2, 0.25) is 0 Å². The second-order valence-corrected chi connectivity index (χ2v) is 16.0. The summed E-state index contributed by atoms with van der Waals surface area (Å²) < 4.78 is 12.0. The van der Waals surface area contributed by atoms with Crippen LogP contribution in [0.25, 0.3) is 16.7 Å². The summed E-state index contributed by atoms with van der Waals surface area (Å²) in [5, 5.41) is 45.1. The number of aliphatic hydroxyl groups is 2. The third-order valence-electron chi connectivity index (χ3n) is 10.9. The average Bonchev–Trinajstić information content (AvgIpc) is 4.03. The van der Waals surface area contributed by atoms with Gasteiger partial charge in [-0.25, -0.2) is 0 Å². The number of phenolic OH excluding ortho intramolecular Hbond substituents is 1. The van der Waals surface area contributed by atoms with Gasteiger partial charge >= 0.3 is 0 Å². The van der Waals surface area contributed by atoms with E-state index in [-0.39, 0.29) is 43.0 Å². The largest absolute Gasteiger partial charge is 0.507 e. The number of phenols is 1. The van der Waals surface area contributed by atoms with Crippen LogP contribution in [0.4, 0.5) is 0 Å². The van der Waals surface area contributed by atoms with E-state index in [1.54, 1.807) is 12.1 Å². The Morgan fingerprint density at radius 2 is 1.27 bits per heavy atom. The minimum absolute atomic E-state index is 0. The zero-order valence-corrected chi connectivity index (χ0v) is 36.7. The minimum Gasteiger partial charge on any atom is -0.507 e. The molecule has 59 heavy (non-hydrogen) atoms. The molecule has 1 aliphatic carbocycles. The van der Waals surface area contributed by atoms with Crippen LogP contribution in [0.5, 0.6) is 11.5 Å². The fourth-order valence-electron chi connectivity index (χ4n) is 7.82. The molecule has 3 aromatic heterocycles. The second kappa shape index (κ2) is 22.7. The lowest BCUT2D eigenvalue weighted by Gasteiger charge is -2.29. The normalized spacial score (nSPS) is 16.2. The topological polar surface area (TPSA) is 156 Å². The molecule has 0 bridgehead atoms. The number of halogens is 1. The fraction of sp³-hybridized carbons (Fsp3) is 0.511.